The van der Waals surface area contributed by atoms with Gasteiger partial charge in [-0.25, -0.2) is 0 Å². The molecule has 3 N–H and O–H groups in total. The highest BCUT2D eigenvalue weighted by molar-refractivity contribution is 5.95. The van der Waals surface area contributed by atoms with E-state index in [0.717, 1.165) is 62.9 Å². The van der Waals surface area contributed by atoms with Gasteiger partial charge in [-0.3, -0.25) is 15.0 Å². The molecule has 158 valence electrons. The van der Waals surface area contributed by atoms with E-state index in [0.29, 0.717) is 0 Å². The van der Waals surface area contributed by atoms with E-state index in [1.165, 1.54) is 7.11 Å². The van der Waals surface area contributed by atoms with E-state index < -0.39 is 0 Å². The fourth-order valence-corrected chi connectivity index (χ4v) is 4.57. The number of amides is 1. The molecule has 0 atom stereocenters. The minimum absolute atomic E-state index is 0.0260. The zero-order valence-electron chi connectivity index (χ0n) is 17.4. The molecule has 1 amide bonds. The van der Waals surface area contributed by atoms with Gasteiger partial charge in [0.1, 0.15) is 5.84 Å². The predicted molar refractivity (Wildman–Crippen MR) is 113 cm³/mol. The SMILES string of the molecule is COC(=O)C1CCC(C(=O)N(C)C2CCN(c3ccc(C(=N)N)cc3)CC2)CC1. The number of piperidine rings is 1. The van der Waals surface area contributed by atoms with E-state index in [2.05, 4.69) is 4.90 Å². The fourth-order valence-electron chi connectivity index (χ4n) is 4.57. The highest BCUT2D eigenvalue weighted by Gasteiger charge is 2.34. The number of benzene rings is 1. The Balaban J connectivity index is 1.49. The van der Waals surface area contributed by atoms with Crippen LogP contribution in [0.1, 0.15) is 44.1 Å². The number of nitrogens with one attached hydrogen (secondary N) is 1. The maximum Gasteiger partial charge on any atom is 0.308 e. The second-order valence-electron chi connectivity index (χ2n) is 8.20. The molecular formula is C22H32N4O3. The van der Waals surface area contributed by atoms with Crippen LogP contribution in [0.3, 0.4) is 0 Å². The Morgan fingerprint density at radius 2 is 1.59 bits per heavy atom. The van der Waals surface area contributed by atoms with Gasteiger partial charge in [0.2, 0.25) is 5.91 Å². The van der Waals surface area contributed by atoms with Crippen LogP contribution < -0.4 is 10.6 Å². The van der Waals surface area contributed by atoms with Gasteiger partial charge in [0, 0.05) is 43.3 Å². The second-order valence-corrected chi connectivity index (χ2v) is 8.20. The normalized spacial score (nSPS) is 22.8. The Kier molecular flexibility index (Phi) is 6.77. The molecule has 1 heterocycles. The third-order valence-electron chi connectivity index (χ3n) is 6.51. The van der Waals surface area contributed by atoms with E-state index in [1.807, 2.05) is 36.2 Å². The first-order chi connectivity index (χ1) is 13.9. The standard InChI is InChI=1S/C22H32N4O3/c1-25(21(27)16-3-5-17(6-4-16)22(28)29-2)18-11-13-26(14-12-18)19-9-7-15(8-10-19)20(23)24/h7-10,16-18H,3-6,11-14H2,1-2H3,(H3,23,24). The van der Waals surface area contributed by atoms with Crippen molar-refractivity contribution in [1.29, 1.82) is 5.41 Å². The first-order valence-electron chi connectivity index (χ1n) is 10.4. The van der Waals surface area contributed by atoms with E-state index in [9.17, 15) is 9.59 Å². The van der Waals surface area contributed by atoms with Crippen LogP contribution in [-0.2, 0) is 14.3 Å². The number of nitrogen functional groups attached to an aromatic ring is 1. The largest absolute Gasteiger partial charge is 0.469 e. The number of carbonyl (C=O) groups is 2. The molecule has 1 aliphatic carbocycles. The number of amidine groups is 1. The van der Waals surface area contributed by atoms with Gasteiger partial charge in [-0.1, -0.05) is 0 Å². The average molecular weight is 401 g/mol. The quantitative estimate of drug-likeness (QED) is 0.449. The number of nitrogens with two attached hydrogens (primary N) is 1. The van der Waals surface area contributed by atoms with Crippen LogP contribution in [0.5, 0.6) is 0 Å². The molecule has 7 heteroatoms. The highest BCUT2D eigenvalue weighted by atomic mass is 16.5. The Morgan fingerprint density at radius 1 is 1.03 bits per heavy atom. The molecule has 2 aliphatic rings. The number of methoxy groups -OCH3 is 1. The Morgan fingerprint density at radius 3 is 2.10 bits per heavy atom. The molecule has 1 aliphatic heterocycles. The smallest absolute Gasteiger partial charge is 0.308 e. The van der Waals surface area contributed by atoms with E-state index >= 15 is 0 Å². The van der Waals surface area contributed by atoms with Gasteiger partial charge in [-0.05, 0) is 62.8 Å². The molecule has 29 heavy (non-hydrogen) atoms. The minimum Gasteiger partial charge on any atom is -0.469 e. The summed E-state index contributed by atoms with van der Waals surface area (Å²) in [4.78, 5) is 28.9. The van der Waals surface area contributed by atoms with Gasteiger partial charge in [0.15, 0.2) is 0 Å². The molecule has 1 saturated heterocycles. The molecule has 2 fully saturated rings. The van der Waals surface area contributed by atoms with Crippen molar-refractivity contribution in [3.05, 3.63) is 29.8 Å². The lowest BCUT2D eigenvalue weighted by molar-refractivity contribution is -0.148. The topological polar surface area (TPSA) is 99.7 Å². The lowest BCUT2D eigenvalue weighted by Crippen LogP contribution is -2.48. The van der Waals surface area contributed by atoms with Crippen LogP contribution in [0, 0.1) is 17.2 Å². The first-order valence-corrected chi connectivity index (χ1v) is 10.4. The summed E-state index contributed by atoms with van der Waals surface area (Å²) in [5, 5.41) is 7.49. The molecule has 3 rings (SSSR count). The van der Waals surface area contributed by atoms with Gasteiger partial charge >= 0.3 is 5.97 Å². The van der Waals surface area contributed by atoms with Crippen molar-refractivity contribution in [2.75, 3.05) is 32.1 Å². The number of rotatable bonds is 5. The number of anilines is 1. The molecule has 1 saturated carbocycles. The highest BCUT2D eigenvalue weighted by Crippen LogP contribution is 2.32. The number of hydrogen-bond donors (Lipinski definition) is 2. The lowest BCUT2D eigenvalue weighted by Gasteiger charge is -2.39. The summed E-state index contributed by atoms with van der Waals surface area (Å²) in [6.45, 7) is 1.80. The van der Waals surface area contributed by atoms with E-state index in [1.54, 1.807) is 0 Å². The average Bonchev–Trinajstić information content (AvgIpc) is 2.77. The molecule has 0 spiro atoms. The van der Waals surface area contributed by atoms with Gasteiger partial charge < -0.3 is 20.3 Å². The Labute approximate surface area is 172 Å². The monoisotopic (exact) mass is 400 g/mol. The van der Waals surface area contributed by atoms with Crippen molar-refractivity contribution >= 4 is 23.4 Å². The molecule has 1 aromatic rings. The van der Waals surface area contributed by atoms with Crippen molar-refractivity contribution in [1.82, 2.24) is 4.90 Å². The third-order valence-corrected chi connectivity index (χ3v) is 6.51. The maximum absolute atomic E-state index is 13.0. The van der Waals surface area contributed by atoms with Crippen LogP contribution in [-0.4, -0.2) is 55.9 Å². The molecule has 0 unspecified atom stereocenters. The third kappa shape index (κ3) is 4.89. The predicted octanol–water partition coefficient (Wildman–Crippen LogP) is 2.38. The lowest BCUT2D eigenvalue weighted by atomic mass is 9.81. The molecule has 0 aromatic heterocycles. The van der Waals surface area contributed by atoms with Crippen LogP contribution in [0.4, 0.5) is 5.69 Å². The van der Waals surface area contributed by atoms with Crippen LogP contribution >= 0.6 is 0 Å². The van der Waals surface area contributed by atoms with Gasteiger partial charge in [0.25, 0.3) is 0 Å². The summed E-state index contributed by atoms with van der Waals surface area (Å²) in [5.41, 5.74) is 7.38. The number of esters is 1. The van der Waals surface area contributed by atoms with Gasteiger partial charge in [-0.15, -0.1) is 0 Å². The van der Waals surface area contributed by atoms with Crippen LogP contribution in [0.2, 0.25) is 0 Å². The molecule has 7 nitrogen and oxygen atoms in total. The molecule has 1 aromatic carbocycles. The number of nitrogens with zero attached hydrogens (tertiary/aromatic N) is 2. The van der Waals surface area contributed by atoms with Crippen molar-refractivity contribution in [2.45, 2.75) is 44.6 Å². The van der Waals surface area contributed by atoms with Crippen LogP contribution in [0.15, 0.2) is 24.3 Å². The summed E-state index contributed by atoms with van der Waals surface area (Å²) >= 11 is 0. The first kappa shape index (κ1) is 21.1. The van der Waals surface area contributed by atoms with Crippen molar-refractivity contribution in [3.63, 3.8) is 0 Å². The Bertz CT molecular complexity index is 733. The summed E-state index contributed by atoms with van der Waals surface area (Å²) in [6, 6.07) is 8.03. The molecular weight excluding hydrogens is 368 g/mol. The van der Waals surface area contributed by atoms with Crippen LogP contribution in [0.25, 0.3) is 0 Å². The summed E-state index contributed by atoms with van der Waals surface area (Å²) < 4.78 is 4.84. The molecule has 0 radical (unpaired) electrons. The minimum atomic E-state index is -0.145. The van der Waals surface area contributed by atoms with E-state index in [4.69, 9.17) is 15.9 Å². The van der Waals surface area contributed by atoms with Crippen molar-refractivity contribution in [3.8, 4) is 0 Å². The van der Waals surface area contributed by atoms with Crippen molar-refractivity contribution < 1.29 is 14.3 Å². The second kappa shape index (κ2) is 9.29. The maximum atomic E-state index is 13.0. The number of ether oxygens (including phenoxy) is 1. The number of hydrogen-bond acceptors (Lipinski definition) is 5. The summed E-state index contributed by atoms with van der Waals surface area (Å²) in [7, 11) is 3.36. The molecule has 0 bridgehead atoms. The summed E-state index contributed by atoms with van der Waals surface area (Å²) in [5.74, 6) is 0.131. The number of carbonyl (C=O) groups excluding carboxylic acids is 2. The Hall–Kier alpha value is -2.57. The van der Waals surface area contributed by atoms with Gasteiger partial charge in [0.05, 0.1) is 13.0 Å². The fraction of sp³-hybridized carbons (Fsp3) is 0.591. The zero-order valence-corrected chi connectivity index (χ0v) is 17.4. The zero-order chi connectivity index (χ0) is 21.0. The summed E-state index contributed by atoms with van der Waals surface area (Å²) in [6.07, 6.45) is 4.90. The van der Waals surface area contributed by atoms with E-state index in [-0.39, 0.29) is 35.6 Å². The van der Waals surface area contributed by atoms with Crippen molar-refractivity contribution in [2.24, 2.45) is 17.6 Å². The van der Waals surface area contributed by atoms with Gasteiger partial charge in [-0.2, -0.15) is 0 Å².